The molecular weight excluding hydrogens is 339 g/mol. The molecular formula is C7H2ClF5N2O4S. The van der Waals surface area contributed by atoms with Crippen LogP contribution >= 0.6 is 10.7 Å². The fraction of sp³-hybridized carbons (Fsp3) is 0.286. The highest BCUT2D eigenvalue weighted by Gasteiger charge is 2.46. The van der Waals surface area contributed by atoms with Gasteiger partial charge in [0, 0.05) is 10.7 Å². The molecule has 0 aliphatic rings. The van der Waals surface area contributed by atoms with Gasteiger partial charge < -0.3 is 0 Å². The molecule has 0 N–H and O–H groups in total. The minimum absolute atomic E-state index is 0.0218. The molecule has 6 nitrogen and oxygen atoms in total. The Morgan fingerprint density at radius 1 is 1.35 bits per heavy atom. The van der Waals surface area contributed by atoms with Crippen molar-refractivity contribution < 1.29 is 35.3 Å². The predicted octanol–water partition coefficient (Wildman–Crippen LogP) is 2.87. The Bertz CT molecular complexity index is 660. The molecule has 0 bridgehead atoms. The van der Waals surface area contributed by atoms with Crippen molar-refractivity contribution in [2.24, 2.45) is 0 Å². The van der Waals surface area contributed by atoms with Gasteiger partial charge in [0.05, 0.1) is 4.92 Å². The third-order valence-corrected chi connectivity index (χ3v) is 3.34. The monoisotopic (exact) mass is 340 g/mol. The maximum atomic E-state index is 12.7. The van der Waals surface area contributed by atoms with E-state index in [-0.39, 0.29) is 6.20 Å². The maximum Gasteiger partial charge on any atom is 0.419 e. The molecule has 0 amide bonds. The molecule has 0 atom stereocenters. The fourth-order valence-electron chi connectivity index (χ4n) is 1.31. The van der Waals surface area contributed by atoms with Gasteiger partial charge in [0.15, 0.2) is 4.90 Å². The van der Waals surface area contributed by atoms with Gasteiger partial charge in [0.2, 0.25) is 0 Å². The van der Waals surface area contributed by atoms with Gasteiger partial charge in [-0.05, 0) is 0 Å². The highest BCUT2D eigenvalue weighted by atomic mass is 35.7. The van der Waals surface area contributed by atoms with Crippen LogP contribution in [0, 0.1) is 10.1 Å². The van der Waals surface area contributed by atoms with E-state index in [1.165, 1.54) is 0 Å². The number of alkyl halides is 5. The van der Waals surface area contributed by atoms with Gasteiger partial charge in [-0.3, -0.25) is 10.1 Å². The van der Waals surface area contributed by atoms with Crippen LogP contribution in [-0.4, -0.2) is 18.3 Å². The fourth-order valence-corrected chi connectivity index (χ4v) is 2.62. The SMILES string of the molecule is O=[N+]([O-])c1cnc(C(F)F)c(C(F)(F)F)c1S(=O)(=O)Cl. The zero-order valence-corrected chi connectivity index (χ0v) is 10.4. The lowest BCUT2D eigenvalue weighted by molar-refractivity contribution is -0.388. The van der Waals surface area contributed by atoms with Gasteiger partial charge in [-0.25, -0.2) is 22.2 Å². The summed E-state index contributed by atoms with van der Waals surface area (Å²) in [7, 11) is -0.620. The average molecular weight is 341 g/mol. The molecule has 0 fully saturated rings. The van der Waals surface area contributed by atoms with E-state index in [1.54, 1.807) is 0 Å². The molecule has 0 radical (unpaired) electrons. The van der Waals surface area contributed by atoms with Gasteiger partial charge in [0.25, 0.3) is 15.5 Å². The van der Waals surface area contributed by atoms with Crippen molar-refractivity contribution in [3.8, 4) is 0 Å². The van der Waals surface area contributed by atoms with E-state index >= 15 is 0 Å². The summed E-state index contributed by atoms with van der Waals surface area (Å²) in [6.45, 7) is 0. The second-order valence-electron chi connectivity index (χ2n) is 3.23. The largest absolute Gasteiger partial charge is 0.419 e. The Morgan fingerprint density at radius 2 is 1.85 bits per heavy atom. The van der Waals surface area contributed by atoms with E-state index in [4.69, 9.17) is 10.7 Å². The molecule has 20 heavy (non-hydrogen) atoms. The Morgan fingerprint density at radius 3 is 2.15 bits per heavy atom. The number of rotatable bonds is 3. The van der Waals surface area contributed by atoms with Crippen LogP contribution in [0.1, 0.15) is 17.7 Å². The molecule has 0 saturated heterocycles. The van der Waals surface area contributed by atoms with Crippen LogP contribution < -0.4 is 0 Å². The normalized spacial score (nSPS) is 12.8. The number of nitrogens with zero attached hydrogens (tertiary/aromatic N) is 2. The molecule has 1 heterocycles. The zero-order chi connectivity index (χ0) is 15.9. The quantitative estimate of drug-likeness (QED) is 0.365. The number of pyridine rings is 1. The molecule has 0 spiro atoms. The van der Waals surface area contributed by atoms with Crippen LogP contribution in [-0.2, 0) is 15.2 Å². The minimum Gasteiger partial charge on any atom is -0.258 e. The van der Waals surface area contributed by atoms with Crippen molar-refractivity contribution in [1.82, 2.24) is 4.98 Å². The first-order valence-electron chi connectivity index (χ1n) is 4.34. The molecule has 0 aliphatic carbocycles. The molecule has 112 valence electrons. The number of aromatic nitrogens is 1. The third kappa shape index (κ3) is 3.12. The summed E-state index contributed by atoms with van der Waals surface area (Å²) in [5.41, 5.74) is -6.05. The van der Waals surface area contributed by atoms with Crippen molar-refractivity contribution in [3.63, 3.8) is 0 Å². The molecule has 0 saturated carbocycles. The lowest BCUT2D eigenvalue weighted by Gasteiger charge is -2.14. The molecule has 13 heteroatoms. The lowest BCUT2D eigenvalue weighted by atomic mass is 10.1. The molecule has 1 rings (SSSR count). The first-order chi connectivity index (χ1) is 8.87. The van der Waals surface area contributed by atoms with E-state index in [0.717, 1.165) is 0 Å². The summed E-state index contributed by atoms with van der Waals surface area (Å²) in [6, 6.07) is 0. The Kier molecular flexibility index (Phi) is 4.20. The summed E-state index contributed by atoms with van der Waals surface area (Å²) < 4.78 is 85.3. The maximum absolute atomic E-state index is 12.7. The predicted molar refractivity (Wildman–Crippen MR) is 53.9 cm³/mol. The summed E-state index contributed by atoms with van der Waals surface area (Å²) >= 11 is 0. The number of hydrogen-bond acceptors (Lipinski definition) is 5. The first-order valence-corrected chi connectivity index (χ1v) is 6.65. The van der Waals surface area contributed by atoms with Gasteiger partial charge in [0.1, 0.15) is 17.5 Å². The molecule has 0 unspecified atom stereocenters. The van der Waals surface area contributed by atoms with Crippen molar-refractivity contribution in [3.05, 3.63) is 27.6 Å². The van der Waals surface area contributed by atoms with Crippen molar-refractivity contribution in [2.45, 2.75) is 17.5 Å². The van der Waals surface area contributed by atoms with E-state index in [2.05, 4.69) is 4.98 Å². The number of hydrogen-bond donors (Lipinski definition) is 0. The van der Waals surface area contributed by atoms with Gasteiger partial charge >= 0.3 is 11.9 Å². The number of halogens is 6. The van der Waals surface area contributed by atoms with Crippen molar-refractivity contribution >= 4 is 25.4 Å². The van der Waals surface area contributed by atoms with E-state index < -0.39 is 48.4 Å². The molecule has 0 aromatic carbocycles. The summed E-state index contributed by atoms with van der Waals surface area (Å²) in [5.74, 6) is 0. The number of nitro groups is 1. The standard InChI is InChI=1S/C7H2ClF5N2O4S/c8-20(18,19)5-2(15(16)17)1-14-4(6(9)10)3(5)7(11,12)13/h1,6H. The van der Waals surface area contributed by atoms with Crippen LogP contribution in [0.4, 0.5) is 27.6 Å². The van der Waals surface area contributed by atoms with Crippen LogP contribution in [0.25, 0.3) is 0 Å². The Labute approximate surface area is 111 Å². The van der Waals surface area contributed by atoms with Crippen LogP contribution in [0.5, 0.6) is 0 Å². The van der Waals surface area contributed by atoms with Crippen LogP contribution in [0.2, 0.25) is 0 Å². The summed E-state index contributed by atoms with van der Waals surface area (Å²) in [5, 5.41) is 10.5. The Balaban J connectivity index is 4.00. The topological polar surface area (TPSA) is 90.2 Å². The average Bonchev–Trinajstić information content (AvgIpc) is 2.24. The molecule has 0 aliphatic heterocycles. The van der Waals surface area contributed by atoms with Crippen molar-refractivity contribution in [1.29, 1.82) is 0 Å². The molecule has 1 aromatic heterocycles. The van der Waals surface area contributed by atoms with E-state index in [1.807, 2.05) is 0 Å². The van der Waals surface area contributed by atoms with Crippen LogP contribution in [0.15, 0.2) is 11.1 Å². The van der Waals surface area contributed by atoms with Gasteiger partial charge in [-0.2, -0.15) is 13.2 Å². The second kappa shape index (κ2) is 5.09. The second-order valence-corrected chi connectivity index (χ2v) is 5.73. The lowest BCUT2D eigenvalue weighted by Crippen LogP contribution is -2.18. The van der Waals surface area contributed by atoms with E-state index in [0.29, 0.717) is 0 Å². The Hall–Kier alpha value is -1.56. The zero-order valence-electron chi connectivity index (χ0n) is 8.86. The van der Waals surface area contributed by atoms with E-state index in [9.17, 15) is 40.5 Å². The van der Waals surface area contributed by atoms with Crippen molar-refractivity contribution in [2.75, 3.05) is 0 Å². The smallest absolute Gasteiger partial charge is 0.258 e. The van der Waals surface area contributed by atoms with Gasteiger partial charge in [-0.15, -0.1) is 0 Å². The third-order valence-electron chi connectivity index (χ3n) is 1.97. The first kappa shape index (κ1) is 16.5. The highest BCUT2D eigenvalue weighted by Crippen LogP contribution is 2.43. The van der Waals surface area contributed by atoms with Crippen LogP contribution in [0.3, 0.4) is 0 Å². The highest BCUT2D eigenvalue weighted by molar-refractivity contribution is 8.13. The minimum atomic E-state index is -5.62. The van der Waals surface area contributed by atoms with Gasteiger partial charge in [-0.1, -0.05) is 0 Å². The summed E-state index contributed by atoms with van der Waals surface area (Å²) in [4.78, 5) is 9.55. The molecule has 1 aromatic rings. The summed E-state index contributed by atoms with van der Waals surface area (Å²) in [6.07, 6.45) is -9.45.